The molecular formula is C16H24N6O3S. The molecule has 26 heavy (non-hydrogen) atoms. The Kier molecular flexibility index (Phi) is 4.89. The summed E-state index contributed by atoms with van der Waals surface area (Å²) in [7, 11) is -2.09. The first-order chi connectivity index (χ1) is 12.2. The summed E-state index contributed by atoms with van der Waals surface area (Å²) in [6.45, 7) is 6.22. The van der Waals surface area contributed by atoms with Gasteiger partial charge in [0.25, 0.3) is 10.0 Å². The Balaban J connectivity index is 1.80. The Bertz CT molecular complexity index is 914. The number of aryl methyl sites for hydroxylation is 2. The molecule has 142 valence electrons. The molecule has 0 saturated carbocycles. The summed E-state index contributed by atoms with van der Waals surface area (Å²) in [5.41, 5.74) is 0.802. The molecule has 1 fully saturated rings. The minimum Gasteiger partial charge on any atom is -0.332 e. The van der Waals surface area contributed by atoms with Crippen LogP contribution < -0.4 is 9.62 Å². The summed E-state index contributed by atoms with van der Waals surface area (Å²) >= 11 is 0. The number of carbonyl (C=O) groups excluding carboxylic acids is 1. The molecular weight excluding hydrogens is 356 g/mol. The fourth-order valence-electron chi connectivity index (χ4n) is 3.06. The molecule has 1 aliphatic rings. The number of rotatable bonds is 5. The van der Waals surface area contributed by atoms with Gasteiger partial charge >= 0.3 is 0 Å². The van der Waals surface area contributed by atoms with Crippen molar-refractivity contribution in [2.24, 2.45) is 7.05 Å². The highest BCUT2D eigenvalue weighted by Crippen LogP contribution is 2.23. The summed E-state index contributed by atoms with van der Waals surface area (Å²) in [5.74, 6) is 1.07. The van der Waals surface area contributed by atoms with E-state index in [-0.39, 0.29) is 16.9 Å². The van der Waals surface area contributed by atoms with Gasteiger partial charge in [-0.25, -0.2) is 13.4 Å². The molecule has 1 amide bonds. The molecule has 3 rings (SSSR count). The highest BCUT2D eigenvalue weighted by molar-refractivity contribution is 7.89. The van der Waals surface area contributed by atoms with E-state index in [9.17, 15) is 13.2 Å². The van der Waals surface area contributed by atoms with Crippen LogP contribution in [0, 0.1) is 6.92 Å². The van der Waals surface area contributed by atoms with E-state index in [1.807, 2.05) is 26.8 Å². The van der Waals surface area contributed by atoms with Gasteiger partial charge in [0, 0.05) is 25.6 Å². The molecule has 0 radical (unpaired) electrons. The number of anilines is 1. The summed E-state index contributed by atoms with van der Waals surface area (Å²) in [5, 5.41) is 4.23. The maximum absolute atomic E-state index is 12.8. The van der Waals surface area contributed by atoms with Gasteiger partial charge in [0.15, 0.2) is 5.03 Å². The van der Waals surface area contributed by atoms with E-state index in [1.54, 1.807) is 16.6 Å². The van der Waals surface area contributed by atoms with E-state index in [1.165, 1.54) is 6.20 Å². The van der Waals surface area contributed by atoms with E-state index >= 15 is 0 Å². The van der Waals surface area contributed by atoms with Crippen LogP contribution in [0.25, 0.3) is 0 Å². The van der Waals surface area contributed by atoms with Crippen molar-refractivity contribution in [3.63, 3.8) is 0 Å². The number of nitrogens with zero attached hydrogens (tertiary/aromatic N) is 4. The van der Waals surface area contributed by atoms with Gasteiger partial charge in [-0.2, -0.15) is 9.82 Å². The van der Waals surface area contributed by atoms with E-state index in [0.717, 1.165) is 5.69 Å². The van der Waals surface area contributed by atoms with Crippen LogP contribution in [0.15, 0.2) is 17.3 Å². The Morgan fingerprint density at radius 2 is 2.12 bits per heavy atom. The second-order valence-electron chi connectivity index (χ2n) is 6.86. The lowest BCUT2D eigenvalue weighted by molar-refractivity contribution is -0.121. The van der Waals surface area contributed by atoms with Crippen molar-refractivity contribution in [1.82, 2.24) is 24.5 Å². The summed E-state index contributed by atoms with van der Waals surface area (Å²) in [4.78, 5) is 21.3. The topological polar surface area (TPSA) is 113 Å². The fourth-order valence-corrected chi connectivity index (χ4v) is 4.21. The highest BCUT2D eigenvalue weighted by atomic mass is 32.2. The largest absolute Gasteiger partial charge is 0.332 e. The van der Waals surface area contributed by atoms with Gasteiger partial charge < -0.3 is 4.98 Å². The molecule has 2 N–H and O–H groups in total. The van der Waals surface area contributed by atoms with Gasteiger partial charge in [-0.1, -0.05) is 13.8 Å². The quantitative estimate of drug-likeness (QED) is 0.805. The molecule has 1 atom stereocenters. The van der Waals surface area contributed by atoms with Crippen molar-refractivity contribution in [3.8, 4) is 0 Å². The molecule has 0 bridgehead atoms. The van der Waals surface area contributed by atoms with Crippen LogP contribution in [-0.4, -0.2) is 46.7 Å². The second kappa shape index (κ2) is 6.84. The molecule has 2 aromatic heterocycles. The summed E-state index contributed by atoms with van der Waals surface area (Å²) < 4.78 is 29.4. The molecule has 3 heterocycles. The van der Waals surface area contributed by atoms with Crippen molar-refractivity contribution in [2.45, 2.75) is 50.6 Å². The lowest BCUT2D eigenvalue weighted by Crippen LogP contribution is -2.52. The standard InChI is InChI=1S/C16H24N6O3S/c1-10(2)15-17-9-13(18-15)26(24,25)20-12-6-5-7-22(16(12)23)14-8-11(3)19-21(14)4/h8-10,12,20H,5-7H2,1-4H3,(H,17,18)/t12-/m0/s1. The number of amides is 1. The smallest absolute Gasteiger partial charge is 0.258 e. The summed E-state index contributed by atoms with van der Waals surface area (Å²) in [6.07, 6.45) is 2.44. The van der Waals surface area contributed by atoms with Gasteiger partial charge in [0.05, 0.1) is 11.9 Å². The van der Waals surface area contributed by atoms with Gasteiger partial charge in [0.1, 0.15) is 17.7 Å². The van der Waals surface area contributed by atoms with Gasteiger partial charge in [-0.05, 0) is 19.8 Å². The Morgan fingerprint density at radius 1 is 1.38 bits per heavy atom. The lowest BCUT2D eigenvalue weighted by Gasteiger charge is -2.32. The molecule has 0 unspecified atom stereocenters. The van der Waals surface area contributed by atoms with Gasteiger partial charge in [-0.3, -0.25) is 14.4 Å². The van der Waals surface area contributed by atoms with Gasteiger partial charge in [0.2, 0.25) is 5.91 Å². The number of nitrogens with one attached hydrogen (secondary N) is 2. The predicted molar refractivity (Wildman–Crippen MR) is 96.3 cm³/mol. The maximum Gasteiger partial charge on any atom is 0.258 e. The third kappa shape index (κ3) is 3.51. The molecule has 0 aromatic carbocycles. The molecule has 1 aliphatic heterocycles. The zero-order valence-electron chi connectivity index (χ0n) is 15.4. The molecule has 1 saturated heterocycles. The molecule has 2 aromatic rings. The lowest BCUT2D eigenvalue weighted by atomic mass is 10.1. The number of hydrogen-bond acceptors (Lipinski definition) is 5. The zero-order valence-corrected chi connectivity index (χ0v) is 16.2. The fraction of sp³-hybridized carbons (Fsp3) is 0.562. The number of H-pyrrole nitrogens is 1. The van der Waals surface area contributed by atoms with E-state index in [2.05, 4.69) is 19.8 Å². The second-order valence-corrected chi connectivity index (χ2v) is 8.54. The van der Waals surface area contributed by atoms with Crippen LogP contribution in [0.4, 0.5) is 5.82 Å². The third-order valence-electron chi connectivity index (χ3n) is 4.40. The minimum atomic E-state index is -3.85. The minimum absolute atomic E-state index is 0.0255. The number of sulfonamides is 1. The Hall–Kier alpha value is -2.20. The first kappa shape index (κ1) is 18.6. The number of imidazole rings is 1. The number of piperidine rings is 1. The SMILES string of the molecule is Cc1cc(N2CCC[C@H](NS(=O)(=O)c3cnc(C(C)C)[nH]3)C2=O)n(C)n1. The number of aromatic amines is 1. The first-order valence-corrected chi connectivity index (χ1v) is 10.1. The average molecular weight is 380 g/mol. The summed E-state index contributed by atoms with van der Waals surface area (Å²) in [6, 6.07) is 1.01. The number of carbonyl (C=O) groups is 1. The van der Waals surface area contributed by atoms with E-state index in [4.69, 9.17) is 0 Å². The van der Waals surface area contributed by atoms with Crippen molar-refractivity contribution < 1.29 is 13.2 Å². The first-order valence-electron chi connectivity index (χ1n) is 8.58. The zero-order chi connectivity index (χ0) is 19.1. The van der Waals surface area contributed by atoms with Crippen LogP contribution in [0.3, 0.4) is 0 Å². The van der Waals surface area contributed by atoms with Crippen LogP contribution in [-0.2, 0) is 21.9 Å². The van der Waals surface area contributed by atoms with Gasteiger partial charge in [-0.15, -0.1) is 0 Å². The van der Waals surface area contributed by atoms with E-state index < -0.39 is 16.1 Å². The Morgan fingerprint density at radius 3 is 2.69 bits per heavy atom. The van der Waals surface area contributed by atoms with Crippen LogP contribution in [0.5, 0.6) is 0 Å². The molecule has 10 heteroatoms. The number of aromatic nitrogens is 4. The van der Waals surface area contributed by atoms with Crippen LogP contribution >= 0.6 is 0 Å². The van der Waals surface area contributed by atoms with Crippen molar-refractivity contribution >= 4 is 21.7 Å². The molecule has 9 nitrogen and oxygen atoms in total. The Labute approximate surface area is 152 Å². The van der Waals surface area contributed by atoms with Crippen LogP contribution in [0.2, 0.25) is 0 Å². The maximum atomic E-state index is 12.8. The van der Waals surface area contributed by atoms with Crippen molar-refractivity contribution in [3.05, 3.63) is 23.8 Å². The highest BCUT2D eigenvalue weighted by Gasteiger charge is 2.34. The predicted octanol–water partition coefficient (Wildman–Crippen LogP) is 1.05. The van der Waals surface area contributed by atoms with Crippen LogP contribution in [0.1, 0.15) is 44.1 Å². The van der Waals surface area contributed by atoms with E-state index in [0.29, 0.717) is 31.0 Å². The monoisotopic (exact) mass is 380 g/mol. The molecule has 0 spiro atoms. The average Bonchev–Trinajstić information content (AvgIpc) is 3.17. The third-order valence-corrected chi connectivity index (χ3v) is 5.78. The normalized spacial score (nSPS) is 18.7. The van der Waals surface area contributed by atoms with Crippen molar-refractivity contribution in [2.75, 3.05) is 11.4 Å². The molecule has 0 aliphatic carbocycles. The number of hydrogen-bond donors (Lipinski definition) is 2. The van der Waals surface area contributed by atoms with Crippen molar-refractivity contribution in [1.29, 1.82) is 0 Å².